The molecule has 0 aliphatic heterocycles. The van der Waals surface area contributed by atoms with Crippen molar-refractivity contribution in [3.63, 3.8) is 0 Å². The maximum absolute atomic E-state index is 14.3. The third-order valence-electron chi connectivity index (χ3n) is 4.68. The number of nitrogens with zero attached hydrogens (tertiary/aromatic N) is 1. The summed E-state index contributed by atoms with van der Waals surface area (Å²) in [5.74, 6) is -3.49. The lowest BCUT2D eigenvalue weighted by molar-refractivity contribution is -0.348. The van der Waals surface area contributed by atoms with Crippen LogP contribution < -0.4 is 5.32 Å². The number of nitriles is 1. The van der Waals surface area contributed by atoms with Crippen molar-refractivity contribution in [2.75, 3.05) is 11.1 Å². The fraction of sp³-hybridized carbons (Fsp3) is 0.300. The van der Waals surface area contributed by atoms with E-state index < -0.39 is 72.6 Å². The van der Waals surface area contributed by atoms with Gasteiger partial charge in [0.1, 0.15) is 5.82 Å². The van der Waals surface area contributed by atoms with Crippen molar-refractivity contribution in [2.24, 2.45) is 0 Å². The number of halogens is 8. The number of anilines is 1. The van der Waals surface area contributed by atoms with E-state index in [9.17, 15) is 53.4 Å². The molecule has 0 spiro atoms. The summed E-state index contributed by atoms with van der Waals surface area (Å²) >= 11 is 0. The molecule has 0 fully saturated rings. The number of sulfone groups is 1. The highest BCUT2D eigenvalue weighted by Crippen LogP contribution is 2.54. The van der Waals surface area contributed by atoms with Crippen LogP contribution in [0.5, 0.6) is 0 Å². The van der Waals surface area contributed by atoms with E-state index in [0.717, 1.165) is 37.3 Å². The number of hydrogen-bond acceptors (Lipinski definition) is 5. The fourth-order valence-electron chi connectivity index (χ4n) is 2.91. The molecule has 190 valence electrons. The zero-order valence-electron chi connectivity index (χ0n) is 17.3. The molecule has 0 aromatic heterocycles. The van der Waals surface area contributed by atoms with Crippen molar-refractivity contribution in [3.8, 4) is 6.07 Å². The number of carbonyl (C=O) groups is 1. The minimum Gasteiger partial charge on any atom is -0.379 e. The van der Waals surface area contributed by atoms with Crippen LogP contribution in [0, 0.1) is 17.1 Å². The minimum atomic E-state index is -6.49. The fourth-order valence-corrected chi connectivity index (χ4v) is 4.50. The number of rotatable bonds is 6. The summed E-state index contributed by atoms with van der Waals surface area (Å²) in [4.78, 5) is 11.9. The van der Waals surface area contributed by atoms with E-state index in [-0.39, 0.29) is 6.07 Å². The molecule has 2 N–H and O–H groups in total. The standard InChI is InChI=1S/C20H14F8N2O4S/c1-17(32,10-35(33,34)14-5-2-12(21)3-6-14)16(31)30-13-4-7-15(11(8-13)9-29)18(22,19(23,24)25)20(26,27)28/h2-8,32H,10H2,1H3,(H,30,31). The van der Waals surface area contributed by atoms with Crippen LogP contribution in [0.15, 0.2) is 47.4 Å². The molecule has 0 aliphatic rings. The third kappa shape index (κ3) is 5.54. The highest BCUT2D eigenvalue weighted by atomic mass is 32.2. The largest absolute Gasteiger partial charge is 0.435 e. The Morgan fingerprint density at radius 2 is 1.51 bits per heavy atom. The highest BCUT2D eigenvalue weighted by molar-refractivity contribution is 7.91. The first-order valence-corrected chi connectivity index (χ1v) is 10.8. The Morgan fingerprint density at radius 3 is 1.97 bits per heavy atom. The molecule has 0 bridgehead atoms. The molecule has 0 heterocycles. The van der Waals surface area contributed by atoms with E-state index in [1.165, 1.54) is 0 Å². The van der Waals surface area contributed by atoms with E-state index in [2.05, 4.69) is 0 Å². The van der Waals surface area contributed by atoms with Gasteiger partial charge in [-0.15, -0.1) is 0 Å². The van der Waals surface area contributed by atoms with E-state index in [4.69, 9.17) is 5.26 Å². The van der Waals surface area contributed by atoms with Crippen LogP contribution >= 0.6 is 0 Å². The van der Waals surface area contributed by atoms with Crippen LogP contribution in [-0.4, -0.2) is 43.1 Å². The Morgan fingerprint density at radius 1 is 1.00 bits per heavy atom. The normalized spacial score (nSPS) is 14.7. The average Bonchev–Trinajstić information content (AvgIpc) is 2.71. The Kier molecular flexibility index (Phi) is 7.26. The van der Waals surface area contributed by atoms with Crippen molar-refractivity contribution < 1.29 is 53.4 Å². The molecule has 2 rings (SSSR count). The van der Waals surface area contributed by atoms with Gasteiger partial charge < -0.3 is 10.4 Å². The molecule has 0 saturated carbocycles. The molecule has 1 unspecified atom stereocenters. The van der Waals surface area contributed by atoms with Crippen molar-refractivity contribution >= 4 is 21.4 Å². The molecule has 35 heavy (non-hydrogen) atoms. The number of hydrogen-bond donors (Lipinski definition) is 2. The molecule has 0 radical (unpaired) electrons. The average molecular weight is 530 g/mol. The lowest BCUT2D eigenvalue weighted by Gasteiger charge is -2.31. The number of aliphatic hydroxyl groups is 1. The van der Waals surface area contributed by atoms with Crippen LogP contribution in [0.2, 0.25) is 0 Å². The lowest BCUT2D eigenvalue weighted by atomic mass is 9.90. The summed E-state index contributed by atoms with van der Waals surface area (Å²) in [7, 11) is -4.37. The molecule has 1 atom stereocenters. The second-order valence-corrected chi connectivity index (χ2v) is 9.46. The van der Waals surface area contributed by atoms with Crippen LogP contribution in [0.4, 0.5) is 40.8 Å². The second kappa shape index (κ2) is 9.08. The lowest BCUT2D eigenvalue weighted by Crippen LogP contribution is -2.50. The van der Waals surface area contributed by atoms with Gasteiger partial charge in [-0.2, -0.15) is 31.6 Å². The van der Waals surface area contributed by atoms with Gasteiger partial charge in [0.05, 0.1) is 22.3 Å². The SMILES string of the molecule is CC(O)(CS(=O)(=O)c1ccc(F)cc1)C(=O)Nc1ccc(C(F)(C(F)(F)F)C(F)(F)F)c(C#N)c1. The molecule has 0 saturated heterocycles. The van der Waals surface area contributed by atoms with Crippen molar-refractivity contribution in [3.05, 3.63) is 59.4 Å². The van der Waals surface area contributed by atoms with E-state index in [1.54, 1.807) is 0 Å². The molecular formula is C20H14F8N2O4S. The van der Waals surface area contributed by atoms with Crippen LogP contribution in [0.3, 0.4) is 0 Å². The van der Waals surface area contributed by atoms with E-state index in [0.29, 0.717) is 12.1 Å². The topological polar surface area (TPSA) is 107 Å². The maximum Gasteiger partial charge on any atom is 0.435 e. The number of nitrogens with one attached hydrogen (secondary N) is 1. The van der Waals surface area contributed by atoms with E-state index >= 15 is 0 Å². The third-order valence-corrected chi connectivity index (χ3v) is 6.62. The van der Waals surface area contributed by atoms with Gasteiger partial charge in [0.25, 0.3) is 5.91 Å². The smallest absolute Gasteiger partial charge is 0.379 e. The van der Waals surface area contributed by atoms with Gasteiger partial charge in [-0.1, -0.05) is 6.07 Å². The van der Waals surface area contributed by atoms with Gasteiger partial charge in [0.15, 0.2) is 15.4 Å². The summed E-state index contributed by atoms with van der Waals surface area (Å²) in [6.07, 6.45) is -13.0. The molecule has 15 heteroatoms. The van der Waals surface area contributed by atoms with Crippen molar-refractivity contribution in [2.45, 2.75) is 35.4 Å². The second-order valence-electron chi connectivity index (χ2n) is 7.47. The van der Waals surface area contributed by atoms with E-state index in [1.807, 2.05) is 5.32 Å². The minimum absolute atomic E-state index is 0.0148. The Bertz CT molecular complexity index is 1250. The monoisotopic (exact) mass is 530 g/mol. The molecule has 2 aromatic carbocycles. The Labute approximate surface area is 192 Å². The number of carbonyl (C=O) groups excluding carboxylic acids is 1. The molecule has 2 aromatic rings. The first-order valence-electron chi connectivity index (χ1n) is 9.15. The van der Waals surface area contributed by atoms with Gasteiger partial charge in [0.2, 0.25) is 0 Å². The number of alkyl halides is 7. The summed E-state index contributed by atoms with van der Waals surface area (Å²) in [5.41, 5.74) is -12.8. The predicted molar refractivity (Wildman–Crippen MR) is 104 cm³/mol. The van der Waals surface area contributed by atoms with Crippen molar-refractivity contribution in [1.29, 1.82) is 5.26 Å². The van der Waals surface area contributed by atoms with Crippen LogP contribution in [0.25, 0.3) is 0 Å². The molecular weight excluding hydrogens is 516 g/mol. The molecule has 0 aliphatic carbocycles. The first kappa shape index (κ1) is 28.0. The zero-order chi connectivity index (χ0) is 27.0. The van der Waals surface area contributed by atoms with Crippen LogP contribution in [0.1, 0.15) is 18.1 Å². The maximum atomic E-state index is 14.3. The predicted octanol–water partition coefficient (Wildman–Crippen LogP) is 4.15. The molecule has 1 amide bonds. The number of amides is 1. The van der Waals surface area contributed by atoms with Gasteiger partial charge in [-0.3, -0.25) is 4.79 Å². The summed E-state index contributed by atoms with van der Waals surface area (Å²) in [6.45, 7) is 0.739. The zero-order valence-corrected chi connectivity index (χ0v) is 18.1. The van der Waals surface area contributed by atoms with Gasteiger partial charge >= 0.3 is 18.0 Å². The van der Waals surface area contributed by atoms with Gasteiger partial charge in [0, 0.05) is 11.3 Å². The Balaban J connectivity index is 2.37. The van der Waals surface area contributed by atoms with Gasteiger partial charge in [-0.25, -0.2) is 17.2 Å². The Hall–Kier alpha value is -3.25. The first-order chi connectivity index (χ1) is 15.8. The molecule has 6 nitrogen and oxygen atoms in total. The summed E-state index contributed by atoms with van der Waals surface area (Å²) in [6, 6.07) is 5.00. The van der Waals surface area contributed by atoms with Crippen LogP contribution in [-0.2, 0) is 20.3 Å². The summed E-state index contributed by atoms with van der Waals surface area (Å²) in [5, 5.41) is 21.2. The quantitative estimate of drug-likeness (QED) is 0.431. The number of benzene rings is 2. The highest BCUT2D eigenvalue weighted by Gasteiger charge is 2.74. The van der Waals surface area contributed by atoms with Gasteiger partial charge in [-0.05, 0) is 43.3 Å². The summed E-state index contributed by atoms with van der Waals surface area (Å²) < 4.78 is 130. The van der Waals surface area contributed by atoms with Crippen molar-refractivity contribution in [1.82, 2.24) is 0 Å².